The Hall–Kier alpha value is -1.81. The summed E-state index contributed by atoms with van der Waals surface area (Å²) in [6.45, 7) is 5.31. The Labute approximate surface area is 126 Å². The van der Waals surface area contributed by atoms with Crippen LogP contribution in [0.1, 0.15) is 30.9 Å². The third-order valence-corrected chi connectivity index (χ3v) is 4.10. The van der Waals surface area contributed by atoms with Crippen molar-refractivity contribution >= 4 is 12.0 Å². The first kappa shape index (κ1) is 15.6. The Morgan fingerprint density at radius 3 is 2.95 bits per heavy atom. The topological polar surface area (TPSA) is 49.8 Å². The highest BCUT2D eigenvalue weighted by Crippen LogP contribution is 2.25. The molecule has 4 heteroatoms. The van der Waals surface area contributed by atoms with Gasteiger partial charge < -0.3 is 9.84 Å². The lowest BCUT2D eigenvalue weighted by atomic mass is 10.1. The molecule has 0 bridgehead atoms. The maximum atomic E-state index is 10.7. The van der Waals surface area contributed by atoms with Gasteiger partial charge in [-0.05, 0) is 48.2 Å². The molecule has 1 unspecified atom stereocenters. The molecule has 1 fully saturated rings. The van der Waals surface area contributed by atoms with Crippen molar-refractivity contribution < 1.29 is 14.6 Å². The first-order valence-corrected chi connectivity index (χ1v) is 7.42. The number of hydrogen-bond donors (Lipinski definition) is 1. The number of methoxy groups -OCH3 is 1. The molecule has 4 nitrogen and oxygen atoms in total. The second kappa shape index (κ2) is 7.27. The van der Waals surface area contributed by atoms with Crippen molar-refractivity contribution in [3.8, 4) is 5.75 Å². The lowest BCUT2D eigenvalue weighted by Crippen LogP contribution is -2.20. The second-order valence-corrected chi connectivity index (χ2v) is 5.53. The van der Waals surface area contributed by atoms with E-state index in [0.29, 0.717) is 0 Å². The van der Waals surface area contributed by atoms with Crippen LogP contribution in [0.3, 0.4) is 0 Å². The minimum absolute atomic E-state index is 0.786. The van der Waals surface area contributed by atoms with E-state index >= 15 is 0 Å². The Balaban J connectivity index is 2.17. The fourth-order valence-electron chi connectivity index (χ4n) is 2.80. The zero-order valence-electron chi connectivity index (χ0n) is 12.7. The summed E-state index contributed by atoms with van der Waals surface area (Å²) >= 11 is 0. The molecule has 1 aromatic carbocycles. The molecule has 1 atom stereocenters. The molecule has 0 saturated carbocycles. The maximum absolute atomic E-state index is 10.7. The number of nitrogens with zero attached hydrogens (tertiary/aromatic N) is 1. The van der Waals surface area contributed by atoms with Gasteiger partial charge in [-0.15, -0.1) is 0 Å². The van der Waals surface area contributed by atoms with Crippen LogP contribution in [0.25, 0.3) is 6.08 Å². The summed E-state index contributed by atoms with van der Waals surface area (Å²) in [7, 11) is 1.65. The van der Waals surface area contributed by atoms with E-state index in [1.54, 1.807) is 13.2 Å². The Bertz CT molecular complexity index is 525. The zero-order chi connectivity index (χ0) is 15.2. The number of aliphatic carboxylic acids is 1. The Kier molecular flexibility index (Phi) is 5.39. The number of ether oxygens (including phenoxy) is 1. The molecule has 2 rings (SSSR count). The predicted octanol–water partition coefficient (Wildman–Crippen LogP) is 3.02. The molecule has 114 valence electrons. The molecule has 0 aromatic heterocycles. The summed E-state index contributed by atoms with van der Waals surface area (Å²) < 4.78 is 5.28. The summed E-state index contributed by atoms with van der Waals surface area (Å²) in [4.78, 5) is 13.1. The fourth-order valence-corrected chi connectivity index (χ4v) is 2.80. The van der Waals surface area contributed by atoms with Crippen LogP contribution >= 0.6 is 0 Å². The van der Waals surface area contributed by atoms with Crippen LogP contribution in [0.5, 0.6) is 5.75 Å². The van der Waals surface area contributed by atoms with Gasteiger partial charge in [0.1, 0.15) is 5.75 Å². The lowest BCUT2D eigenvalue weighted by Gasteiger charge is -2.18. The predicted molar refractivity (Wildman–Crippen MR) is 83.3 cm³/mol. The van der Waals surface area contributed by atoms with Gasteiger partial charge in [0, 0.05) is 19.2 Å². The largest absolute Gasteiger partial charge is 0.497 e. The number of carboxylic acid groups (broad SMARTS) is 1. The monoisotopic (exact) mass is 289 g/mol. The number of carbonyl (C=O) groups is 1. The van der Waals surface area contributed by atoms with Gasteiger partial charge in [0.05, 0.1) is 7.11 Å². The molecular formula is C17H23NO3. The van der Waals surface area contributed by atoms with Crippen LogP contribution in [0, 0.1) is 5.92 Å². The quantitative estimate of drug-likeness (QED) is 0.818. The summed E-state index contributed by atoms with van der Waals surface area (Å²) in [5, 5.41) is 8.80. The highest BCUT2D eigenvalue weighted by Gasteiger charge is 2.21. The van der Waals surface area contributed by atoms with Gasteiger partial charge in [0.2, 0.25) is 0 Å². The van der Waals surface area contributed by atoms with Crippen molar-refractivity contribution in [3.05, 3.63) is 35.4 Å². The van der Waals surface area contributed by atoms with Crippen LogP contribution in [0.2, 0.25) is 0 Å². The van der Waals surface area contributed by atoms with E-state index in [-0.39, 0.29) is 0 Å². The van der Waals surface area contributed by atoms with E-state index in [4.69, 9.17) is 9.84 Å². The molecule has 0 amide bonds. The molecule has 1 heterocycles. The highest BCUT2D eigenvalue weighted by molar-refractivity contribution is 5.85. The summed E-state index contributed by atoms with van der Waals surface area (Å²) in [6.07, 6.45) is 5.32. The van der Waals surface area contributed by atoms with Crippen molar-refractivity contribution in [2.24, 2.45) is 5.92 Å². The molecule has 1 aliphatic heterocycles. The molecule has 1 N–H and O–H groups in total. The summed E-state index contributed by atoms with van der Waals surface area (Å²) in [6, 6.07) is 5.78. The van der Waals surface area contributed by atoms with Gasteiger partial charge in [-0.25, -0.2) is 4.79 Å². The third kappa shape index (κ3) is 4.33. The summed E-state index contributed by atoms with van der Waals surface area (Å²) in [5.74, 6) is 0.668. The average Bonchev–Trinajstić information content (AvgIpc) is 2.93. The zero-order valence-corrected chi connectivity index (χ0v) is 12.7. The molecule has 0 aliphatic carbocycles. The number of carboxylic acids is 1. The number of benzene rings is 1. The highest BCUT2D eigenvalue weighted by atomic mass is 16.5. The van der Waals surface area contributed by atoms with Crippen LogP contribution in [-0.4, -0.2) is 36.2 Å². The van der Waals surface area contributed by atoms with Crippen LogP contribution in [0.15, 0.2) is 24.3 Å². The van der Waals surface area contributed by atoms with Crippen LogP contribution < -0.4 is 4.74 Å². The van der Waals surface area contributed by atoms with Crippen molar-refractivity contribution in [2.75, 3.05) is 20.2 Å². The smallest absolute Gasteiger partial charge is 0.328 e. The van der Waals surface area contributed by atoms with E-state index < -0.39 is 5.97 Å². The van der Waals surface area contributed by atoms with Gasteiger partial charge in [0.25, 0.3) is 0 Å². The first-order valence-electron chi connectivity index (χ1n) is 7.42. The fraction of sp³-hybridized carbons (Fsp3) is 0.471. The van der Waals surface area contributed by atoms with Gasteiger partial charge in [-0.2, -0.15) is 0 Å². The van der Waals surface area contributed by atoms with Crippen molar-refractivity contribution in [1.29, 1.82) is 0 Å². The van der Waals surface area contributed by atoms with Gasteiger partial charge in [0.15, 0.2) is 0 Å². The van der Waals surface area contributed by atoms with Gasteiger partial charge >= 0.3 is 5.97 Å². The lowest BCUT2D eigenvalue weighted by molar-refractivity contribution is -0.131. The molecule has 1 saturated heterocycles. The van der Waals surface area contributed by atoms with Crippen molar-refractivity contribution in [1.82, 2.24) is 4.90 Å². The second-order valence-electron chi connectivity index (χ2n) is 5.53. The molecule has 0 spiro atoms. The van der Waals surface area contributed by atoms with Crippen molar-refractivity contribution in [3.63, 3.8) is 0 Å². The van der Waals surface area contributed by atoms with Crippen LogP contribution in [0.4, 0.5) is 0 Å². The normalized spacial score (nSPS) is 19.2. The van der Waals surface area contributed by atoms with E-state index in [9.17, 15) is 4.79 Å². The number of likely N-dealkylation sites (tertiary alicyclic amines) is 1. The average molecular weight is 289 g/mol. The number of rotatable bonds is 6. The standard InChI is InChI=1S/C17H23NO3/c1-3-13-8-9-18(11-13)12-15-10-16(21-2)6-4-14(15)5-7-17(19)20/h4-7,10,13H,3,8-9,11-12H2,1-2H3,(H,19,20)/b7-5+. The molecule has 21 heavy (non-hydrogen) atoms. The molecule has 0 radical (unpaired) electrons. The maximum Gasteiger partial charge on any atom is 0.328 e. The van der Waals surface area contributed by atoms with E-state index in [1.165, 1.54) is 18.9 Å². The molecule has 1 aliphatic rings. The van der Waals surface area contributed by atoms with E-state index in [1.807, 2.05) is 18.2 Å². The third-order valence-electron chi connectivity index (χ3n) is 4.10. The van der Waals surface area contributed by atoms with Gasteiger partial charge in [-0.1, -0.05) is 19.4 Å². The van der Waals surface area contributed by atoms with E-state index in [0.717, 1.165) is 42.4 Å². The Morgan fingerprint density at radius 1 is 1.52 bits per heavy atom. The first-order chi connectivity index (χ1) is 10.1. The minimum atomic E-state index is -0.927. The Morgan fingerprint density at radius 2 is 2.33 bits per heavy atom. The van der Waals surface area contributed by atoms with Crippen LogP contribution in [-0.2, 0) is 11.3 Å². The van der Waals surface area contributed by atoms with E-state index in [2.05, 4.69) is 11.8 Å². The minimum Gasteiger partial charge on any atom is -0.497 e. The molecule has 1 aromatic rings. The molecular weight excluding hydrogens is 266 g/mol. The van der Waals surface area contributed by atoms with Crippen molar-refractivity contribution in [2.45, 2.75) is 26.3 Å². The SMILES string of the molecule is CCC1CCN(Cc2cc(OC)ccc2/C=C/C(=O)O)C1. The summed E-state index contributed by atoms with van der Waals surface area (Å²) in [5.41, 5.74) is 2.06. The van der Waals surface area contributed by atoms with Gasteiger partial charge in [-0.3, -0.25) is 4.90 Å². The number of hydrogen-bond acceptors (Lipinski definition) is 3.